The van der Waals surface area contributed by atoms with Crippen molar-refractivity contribution in [1.29, 1.82) is 0 Å². The Morgan fingerprint density at radius 3 is 2.23 bits per heavy atom. The first kappa shape index (κ1) is 26.0. The second kappa shape index (κ2) is 11.2. The summed E-state index contributed by atoms with van der Waals surface area (Å²) in [5.41, 5.74) is 0.0311. The van der Waals surface area contributed by atoms with Gasteiger partial charge in [-0.15, -0.1) is 0 Å². The number of carbonyl (C=O) groups is 3. The molecule has 35 heavy (non-hydrogen) atoms. The minimum Gasteiger partial charge on any atom is -0.424 e. The van der Waals surface area contributed by atoms with Crippen LogP contribution >= 0.6 is 15.9 Å². The first-order chi connectivity index (χ1) is 16.5. The lowest BCUT2D eigenvalue weighted by atomic mass is 10.1. The van der Waals surface area contributed by atoms with Crippen LogP contribution in [0, 0.1) is 0 Å². The molecule has 6 nitrogen and oxygen atoms in total. The molecule has 0 radical (unpaired) electrons. The fraction of sp³-hybridized carbons (Fsp3) is 0.160. The molecule has 0 saturated carbocycles. The first-order valence-corrected chi connectivity index (χ1v) is 11.1. The van der Waals surface area contributed by atoms with E-state index in [4.69, 9.17) is 4.74 Å². The summed E-state index contributed by atoms with van der Waals surface area (Å²) >= 11 is 3.25. The predicted molar refractivity (Wildman–Crippen MR) is 127 cm³/mol. The third-order valence-electron chi connectivity index (χ3n) is 4.81. The van der Waals surface area contributed by atoms with Crippen LogP contribution in [0.1, 0.15) is 28.4 Å². The number of hydrogen-bond donors (Lipinski definition) is 2. The average Bonchev–Trinajstić information content (AvgIpc) is 2.80. The highest BCUT2D eigenvalue weighted by atomic mass is 79.9. The standard InChI is InChI=1S/C25H20BrF3N2O4/c1-15(32)30-21(13-16-5-3-2-4-6-16)24(34)35-22-12-9-18(26)14-20(22)23(33)31-19-10-7-17(8-11-19)25(27,28)29/h2-12,14,21H,13H2,1H3,(H,30,32)(H,31,33)/t21-/m0/s1. The van der Waals surface area contributed by atoms with Crippen molar-refractivity contribution in [3.8, 4) is 5.75 Å². The summed E-state index contributed by atoms with van der Waals surface area (Å²) in [5.74, 6) is -1.99. The number of halogens is 4. The lowest BCUT2D eigenvalue weighted by molar-refractivity contribution is -0.139. The van der Waals surface area contributed by atoms with Gasteiger partial charge in [-0.1, -0.05) is 46.3 Å². The van der Waals surface area contributed by atoms with Crippen LogP contribution in [0.3, 0.4) is 0 Å². The molecule has 1 atom stereocenters. The Morgan fingerprint density at radius 1 is 0.971 bits per heavy atom. The van der Waals surface area contributed by atoms with Gasteiger partial charge in [0.2, 0.25) is 5.91 Å². The molecule has 0 aliphatic heterocycles. The van der Waals surface area contributed by atoms with Gasteiger partial charge in [0, 0.05) is 23.5 Å². The molecule has 0 aromatic heterocycles. The van der Waals surface area contributed by atoms with E-state index in [-0.39, 0.29) is 23.4 Å². The van der Waals surface area contributed by atoms with Crippen molar-refractivity contribution in [3.63, 3.8) is 0 Å². The maximum absolute atomic E-state index is 12.9. The molecular formula is C25H20BrF3N2O4. The van der Waals surface area contributed by atoms with Crippen LogP contribution in [0.4, 0.5) is 18.9 Å². The van der Waals surface area contributed by atoms with Gasteiger partial charge in [-0.25, -0.2) is 4.79 Å². The summed E-state index contributed by atoms with van der Waals surface area (Å²) in [6, 6.07) is 16.3. The van der Waals surface area contributed by atoms with Crippen LogP contribution in [-0.4, -0.2) is 23.8 Å². The number of anilines is 1. The topological polar surface area (TPSA) is 84.5 Å². The molecule has 3 aromatic rings. The van der Waals surface area contributed by atoms with Crippen molar-refractivity contribution in [3.05, 3.63) is 94.0 Å². The Hall–Kier alpha value is -3.66. The van der Waals surface area contributed by atoms with E-state index >= 15 is 0 Å². The third kappa shape index (κ3) is 7.41. The molecule has 3 aromatic carbocycles. The molecule has 182 valence electrons. The van der Waals surface area contributed by atoms with E-state index in [2.05, 4.69) is 26.6 Å². The zero-order chi connectivity index (χ0) is 25.6. The summed E-state index contributed by atoms with van der Waals surface area (Å²) in [5, 5.41) is 5.04. The van der Waals surface area contributed by atoms with Crippen LogP contribution in [0.25, 0.3) is 0 Å². The second-order valence-electron chi connectivity index (χ2n) is 7.53. The summed E-state index contributed by atoms with van der Waals surface area (Å²) in [6.45, 7) is 1.27. The van der Waals surface area contributed by atoms with Crippen molar-refractivity contribution in [2.45, 2.75) is 25.6 Å². The summed E-state index contributed by atoms with van der Waals surface area (Å²) in [6.07, 6.45) is -4.33. The maximum atomic E-state index is 12.9. The average molecular weight is 549 g/mol. The highest BCUT2D eigenvalue weighted by Gasteiger charge is 2.30. The number of rotatable bonds is 7. The highest BCUT2D eigenvalue weighted by Crippen LogP contribution is 2.30. The number of benzene rings is 3. The minimum absolute atomic E-state index is 0.0334. The Bertz CT molecular complexity index is 1220. The van der Waals surface area contributed by atoms with E-state index in [1.165, 1.54) is 19.1 Å². The quantitative estimate of drug-likeness (QED) is 0.307. The van der Waals surface area contributed by atoms with Gasteiger partial charge in [-0.05, 0) is 48.0 Å². The Balaban J connectivity index is 1.80. The van der Waals surface area contributed by atoms with Crippen molar-refractivity contribution in [1.82, 2.24) is 5.32 Å². The summed E-state index contributed by atoms with van der Waals surface area (Å²) < 4.78 is 44.3. The zero-order valence-electron chi connectivity index (χ0n) is 18.4. The molecular weight excluding hydrogens is 529 g/mol. The van der Waals surface area contributed by atoms with Gasteiger partial charge in [0.15, 0.2) is 0 Å². The van der Waals surface area contributed by atoms with Gasteiger partial charge in [0.05, 0.1) is 11.1 Å². The molecule has 0 fully saturated rings. The van der Waals surface area contributed by atoms with E-state index in [0.717, 1.165) is 29.8 Å². The molecule has 0 saturated heterocycles. The number of carbonyl (C=O) groups excluding carboxylic acids is 3. The van der Waals surface area contributed by atoms with Crippen molar-refractivity contribution in [2.75, 3.05) is 5.32 Å². The van der Waals surface area contributed by atoms with Crippen molar-refractivity contribution < 1.29 is 32.3 Å². The molecule has 0 unspecified atom stereocenters. The van der Waals surface area contributed by atoms with Crippen LogP contribution < -0.4 is 15.4 Å². The van der Waals surface area contributed by atoms with Crippen molar-refractivity contribution >= 4 is 39.4 Å². The lowest BCUT2D eigenvalue weighted by Gasteiger charge is -2.18. The van der Waals surface area contributed by atoms with Crippen LogP contribution in [-0.2, 0) is 22.2 Å². The van der Waals surface area contributed by atoms with Gasteiger partial charge < -0.3 is 15.4 Å². The Labute approximate surface area is 207 Å². The smallest absolute Gasteiger partial charge is 0.416 e. The number of amides is 2. The minimum atomic E-state index is -4.50. The van der Waals surface area contributed by atoms with E-state index in [1.807, 2.05) is 6.07 Å². The van der Waals surface area contributed by atoms with Crippen LogP contribution in [0.5, 0.6) is 5.75 Å². The maximum Gasteiger partial charge on any atom is 0.416 e. The number of hydrogen-bond acceptors (Lipinski definition) is 4. The fourth-order valence-corrected chi connectivity index (χ4v) is 3.54. The number of esters is 1. The molecule has 10 heteroatoms. The summed E-state index contributed by atoms with van der Waals surface area (Å²) in [4.78, 5) is 37.4. The summed E-state index contributed by atoms with van der Waals surface area (Å²) in [7, 11) is 0. The highest BCUT2D eigenvalue weighted by molar-refractivity contribution is 9.10. The molecule has 0 bridgehead atoms. The lowest BCUT2D eigenvalue weighted by Crippen LogP contribution is -2.43. The molecule has 0 aliphatic rings. The third-order valence-corrected chi connectivity index (χ3v) is 5.30. The molecule has 0 aliphatic carbocycles. The molecule has 0 heterocycles. The monoisotopic (exact) mass is 548 g/mol. The van der Waals surface area contributed by atoms with Crippen molar-refractivity contribution in [2.24, 2.45) is 0 Å². The zero-order valence-corrected chi connectivity index (χ0v) is 19.9. The van der Waals surface area contributed by atoms with Crippen LogP contribution in [0.2, 0.25) is 0 Å². The first-order valence-electron chi connectivity index (χ1n) is 10.3. The Kier molecular flexibility index (Phi) is 8.29. The number of ether oxygens (including phenoxy) is 1. The van der Waals surface area contributed by atoms with E-state index in [0.29, 0.717) is 4.47 Å². The molecule has 2 N–H and O–H groups in total. The second-order valence-corrected chi connectivity index (χ2v) is 8.45. The van der Waals surface area contributed by atoms with E-state index in [1.54, 1.807) is 30.3 Å². The van der Waals surface area contributed by atoms with E-state index in [9.17, 15) is 27.6 Å². The SMILES string of the molecule is CC(=O)N[C@@H](Cc1ccccc1)C(=O)Oc1ccc(Br)cc1C(=O)Nc1ccc(C(F)(F)F)cc1. The van der Waals surface area contributed by atoms with E-state index < -0.39 is 35.6 Å². The largest absolute Gasteiger partial charge is 0.424 e. The number of alkyl halides is 3. The van der Waals surface area contributed by atoms with Crippen LogP contribution in [0.15, 0.2) is 77.3 Å². The van der Waals surface area contributed by atoms with Gasteiger partial charge in [-0.3, -0.25) is 9.59 Å². The number of nitrogens with one attached hydrogen (secondary N) is 2. The molecule has 0 spiro atoms. The predicted octanol–water partition coefficient (Wildman–Crippen LogP) is 5.37. The van der Waals surface area contributed by atoms with Gasteiger partial charge in [0.1, 0.15) is 11.8 Å². The van der Waals surface area contributed by atoms with Gasteiger partial charge >= 0.3 is 12.1 Å². The van der Waals surface area contributed by atoms with Gasteiger partial charge in [0.25, 0.3) is 5.91 Å². The Morgan fingerprint density at radius 2 is 1.63 bits per heavy atom. The van der Waals surface area contributed by atoms with Gasteiger partial charge in [-0.2, -0.15) is 13.2 Å². The fourth-order valence-electron chi connectivity index (χ4n) is 3.18. The normalized spacial score (nSPS) is 11.9. The molecule has 3 rings (SSSR count). The molecule has 2 amide bonds.